The van der Waals surface area contributed by atoms with Gasteiger partial charge in [-0.1, -0.05) is 34.1 Å². The zero-order valence-corrected chi connectivity index (χ0v) is 10.6. The Morgan fingerprint density at radius 1 is 1.06 bits per heavy atom. The van der Waals surface area contributed by atoms with Gasteiger partial charge in [-0.2, -0.15) is 0 Å². The number of halogens is 1. The zero-order chi connectivity index (χ0) is 11.8. The normalized spacial score (nSPS) is 10.9. The van der Waals surface area contributed by atoms with Crippen LogP contribution in [0.3, 0.4) is 0 Å². The number of pyridine rings is 1. The van der Waals surface area contributed by atoms with Gasteiger partial charge in [0.1, 0.15) is 11.6 Å². The van der Waals surface area contributed by atoms with E-state index in [0.717, 1.165) is 21.4 Å². The molecule has 2 heterocycles. The number of aromatic nitrogens is 2. The third-order valence-corrected chi connectivity index (χ3v) is 3.21. The van der Waals surface area contributed by atoms with Crippen molar-refractivity contribution in [2.45, 2.75) is 0 Å². The number of hydrogen-bond acceptors (Lipinski definition) is 2. The van der Waals surface area contributed by atoms with Crippen LogP contribution in [0.15, 0.2) is 53.1 Å². The van der Waals surface area contributed by atoms with E-state index in [2.05, 4.69) is 20.9 Å². The minimum absolute atomic E-state index is 0.693. The van der Waals surface area contributed by atoms with Gasteiger partial charge in [0.15, 0.2) is 0 Å². The van der Waals surface area contributed by atoms with E-state index in [1.165, 1.54) is 0 Å². The second-order valence-corrected chi connectivity index (χ2v) is 4.72. The van der Waals surface area contributed by atoms with Gasteiger partial charge in [-0.05, 0) is 24.3 Å². The van der Waals surface area contributed by atoms with Gasteiger partial charge in [0.05, 0.1) is 11.7 Å². The largest absolute Gasteiger partial charge is 0.385 e. The monoisotopic (exact) mass is 287 g/mol. The summed E-state index contributed by atoms with van der Waals surface area (Å²) in [4.78, 5) is 4.42. The van der Waals surface area contributed by atoms with Crippen molar-refractivity contribution < 1.29 is 0 Å². The molecule has 3 aromatic rings. The molecule has 0 unspecified atom stereocenters. The van der Waals surface area contributed by atoms with Crippen molar-refractivity contribution in [1.82, 2.24) is 9.38 Å². The molecule has 3 nitrogen and oxygen atoms in total. The first kappa shape index (κ1) is 10.4. The second kappa shape index (κ2) is 3.89. The lowest BCUT2D eigenvalue weighted by atomic mass is 10.2. The van der Waals surface area contributed by atoms with Crippen LogP contribution >= 0.6 is 15.9 Å². The number of nitrogens with two attached hydrogens (primary N) is 1. The molecule has 1 aromatic carbocycles. The van der Waals surface area contributed by atoms with Gasteiger partial charge >= 0.3 is 0 Å². The van der Waals surface area contributed by atoms with Gasteiger partial charge in [-0.25, -0.2) is 4.98 Å². The number of fused-ring (bicyclic) bond motifs is 1. The van der Waals surface area contributed by atoms with E-state index in [4.69, 9.17) is 5.73 Å². The molecule has 84 valence electrons. The smallest absolute Gasteiger partial charge is 0.146 e. The molecule has 0 saturated carbocycles. The molecule has 0 saturated heterocycles. The average molecular weight is 288 g/mol. The summed E-state index contributed by atoms with van der Waals surface area (Å²) in [5, 5.41) is 0. The van der Waals surface area contributed by atoms with Crippen LogP contribution in [-0.2, 0) is 0 Å². The summed E-state index contributed by atoms with van der Waals surface area (Å²) in [5.41, 5.74) is 8.03. The van der Waals surface area contributed by atoms with Crippen LogP contribution in [-0.4, -0.2) is 9.38 Å². The minimum atomic E-state index is 0.693. The SMILES string of the molecule is Nc1cccc2cnc(-c3ccc(Br)cc3)n12. The van der Waals surface area contributed by atoms with Crippen LogP contribution in [0.5, 0.6) is 0 Å². The summed E-state index contributed by atoms with van der Waals surface area (Å²) in [7, 11) is 0. The maximum atomic E-state index is 5.98. The molecule has 0 aliphatic rings. The van der Waals surface area contributed by atoms with Gasteiger partial charge in [-0.15, -0.1) is 0 Å². The van der Waals surface area contributed by atoms with Crippen LogP contribution in [0.2, 0.25) is 0 Å². The highest BCUT2D eigenvalue weighted by atomic mass is 79.9. The molecule has 0 amide bonds. The first-order chi connectivity index (χ1) is 8.25. The highest BCUT2D eigenvalue weighted by Gasteiger charge is 2.07. The predicted molar refractivity (Wildman–Crippen MR) is 72.7 cm³/mol. The molecule has 3 rings (SSSR count). The van der Waals surface area contributed by atoms with Gasteiger partial charge in [0, 0.05) is 10.0 Å². The van der Waals surface area contributed by atoms with Crippen LogP contribution in [0.1, 0.15) is 0 Å². The Kier molecular flexibility index (Phi) is 2.37. The number of imidazole rings is 1. The maximum absolute atomic E-state index is 5.98. The van der Waals surface area contributed by atoms with E-state index in [1.54, 1.807) is 0 Å². The predicted octanol–water partition coefficient (Wildman–Crippen LogP) is 3.35. The molecule has 2 N–H and O–H groups in total. The van der Waals surface area contributed by atoms with Gasteiger partial charge < -0.3 is 5.73 Å². The van der Waals surface area contributed by atoms with Crippen molar-refractivity contribution in [2.24, 2.45) is 0 Å². The molecule has 4 heteroatoms. The number of benzene rings is 1. The molecule has 0 spiro atoms. The molecule has 0 aliphatic heterocycles. The molecule has 17 heavy (non-hydrogen) atoms. The standard InChI is InChI=1S/C13H10BrN3/c14-10-6-4-9(5-7-10)13-16-8-11-2-1-3-12(15)17(11)13/h1-8H,15H2. The Balaban J connectivity index is 2.27. The molecule has 0 bridgehead atoms. The van der Waals surface area contributed by atoms with E-state index in [-0.39, 0.29) is 0 Å². The van der Waals surface area contributed by atoms with Crippen molar-refractivity contribution in [2.75, 3.05) is 5.73 Å². The summed E-state index contributed by atoms with van der Waals surface area (Å²) in [6, 6.07) is 13.8. The third-order valence-electron chi connectivity index (χ3n) is 2.68. The van der Waals surface area contributed by atoms with E-state index < -0.39 is 0 Å². The summed E-state index contributed by atoms with van der Waals surface area (Å²) < 4.78 is 3.00. The van der Waals surface area contributed by atoms with Crippen LogP contribution in [0.4, 0.5) is 5.82 Å². The van der Waals surface area contributed by atoms with Crippen LogP contribution in [0.25, 0.3) is 16.9 Å². The van der Waals surface area contributed by atoms with Gasteiger partial charge in [0.25, 0.3) is 0 Å². The quantitative estimate of drug-likeness (QED) is 0.746. The Morgan fingerprint density at radius 2 is 1.82 bits per heavy atom. The average Bonchev–Trinajstić information content (AvgIpc) is 2.75. The molecule has 0 fully saturated rings. The summed E-state index contributed by atoms with van der Waals surface area (Å²) in [5.74, 6) is 1.56. The minimum Gasteiger partial charge on any atom is -0.385 e. The van der Waals surface area contributed by atoms with E-state index >= 15 is 0 Å². The summed E-state index contributed by atoms with van der Waals surface area (Å²) in [6.45, 7) is 0. The topological polar surface area (TPSA) is 43.3 Å². The van der Waals surface area contributed by atoms with Crippen LogP contribution < -0.4 is 5.73 Å². The zero-order valence-electron chi connectivity index (χ0n) is 8.97. The van der Waals surface area contributed by atoms with Crippen molar-refractivity contribution in [3.05, 3.63) is 53.1 Å². The fourth-order valence-electron chi connectivity index (χ4n) is 1.88. The highest BCUT2D eigenvalue weighted by molar-refractivity contribution is 9.10. The number of nitrogen functional groups attached to an aromatic ring is 1. The third kappa shape index (κ3) is 1.70. The van der Waals surface area contributed by atoms with E-state index in [1.807, 2.05) is 53.1 Å². The highest BCUT2D eigenvalue weighted by Crippen LogP contribution is 2.23. The molecule has 2 aromatic heterocycles. The number of hydrogen-bond donors (Lipinski definition) is 1. The van der Waals surface area contributed by atoms with E-state index in [9.17, 15) is 0 Å². The Labute approximate surface area is 107 Å². The maximum Gasteiger partial charge on any atom is 0.146 e. The van der Waals surface area contributed by atoms with E-state index in [0.29, 0.717) is 5.82 Å². The molecule has 0 atom stereocenters. The summed E-state index contributed by atoms with van der Waals surface area (Å²) in [6.07, 6.45) is 1.83. The number of nitrogens with zero attached hydrogens (tertiary/aromatic N) is 2. The fourth-order valence-corrected chi connectivity index (χ4v) is 2.14. The van der Waals surface area contributed by atoms with Gasteiger partial charge in [-0.3, -0.25) is 4.40 Å². The second-order valence-electron chi connectivity index (χ2n) is 3.80. The number of rotatable bonds is 1. The fraction of sp³-hybridized carbons (Fsp3) is 0. The molecular weight excluding hydrogens is 278 g/mol. The van der Waals surface area contributed by atoms with Crippen molar-refractivity contribution >= 4 is 27.3 Å². The van der Waals surface area contributed by atoms with Crippen LogP contribution in [0, 0.1) is 0 Å². The Morgan fingerprint density at radius 3 is 2.59 bits per heavy atom. The summed E-state index contributed by atoms with van der Waals surface area (Å²) >= 11 is 3.42. The molecule has 0 aliphatic carbocycles. The van der Waals surface area contributed by atoms with Crippen molar-refractivity contribution in [3.63, 3.8) is 0 Å². The first-order valence-electron chi connectivity index (χ1n) is 5.23. The molecular formula is C13H10BrN3. The Hall–Kier alpha value is -1.81. The van der Waals surface area contributed by atoms with Gasteiger partial charge in [0.2, 0.25) is 0 Å². The molecule has 0 radical (unpaired) electrons. The number of anilines is 1. The lowest BCUT2D eigenvalue weighted by Gasteiger charge is -2.04. The first-order valence-corrected chi connectivity index (χ1v) is 6.03. The lowest BCUT2D eigenvalue weighted by molar-refractivity contribution is 1.17. The van der Waals surface area contributed by atoms with Crippen molar-refractivity contribution in [1.29, 1.82) is 0 Å². The Bertz CT molecular complexity index is 671. The lowest BCUT2D eigenvalue weighted by Crippen LogP contribution is -1.97. The van der Waals surface area contributed by atoms with Crippen molar-refractivity contribution in [3.8, 4) is 11.4 Å².